The predicted octanol–water partition coefficient (Wildman–Crippen LogP) is 8.45. The van der Waals surface area contributed by atoms with Crippen LogP contribution < -0.4 is 0 Å². The van der Waals surface area contributed by atoms with Gasteiger partial charge in [0.05, 0.1) is 19.4 Å². The van der Waals surface area contributed by atoms with E-state index < -0.39 is 5.97 Å². The van der Waals surface area contributed by atoms with Gasteiger partial charge in [0.1, 0.15) is 6.10 Å². The maximum absolute atomic E-state index is 12.3. The third-order valence-corrected chi connectivity index (χ3v) is 15.2. The summed E-state index contributed by atoms with van der Waals surface area (Å²) in [4.78, 5) is 35.2. The molecule has 10 atom stereocenters. The number of aliphatic carboxylic acids is 1. The maximum atomic E-state index is 12.3. The second kappa shape index (κ2) is 11.3. The summed E-state index contributed by atoms with van der Waals surface area (Å²) in [5.41, 5.74) is 1.03. The summed E-state index contributed by atoms with van der Waals surface area (Å²) in [6.07, 6.45) is 12.9. The number of esters is 2. The van der Waals surface area contributed by atoms with E-state index in [4.69, 9.17) is 14.6 Å². The van der Waals surface area contributed by atoms with Gasteiger partial charge in [0.25, 0.3) is 0 Å². The molecule has 0 aromatic heterocycles. The van der Waals surface area contributed by atoms with Crippen LogP contribution in [0.15, 0.2) is 0 Å². The Hall–Kier alpha value is -1.59. The highest BCUT2D eigenvalue weighted by Crippen LogP contribution is 2.78. The smallest absolute Gasteiger partial charge is 0.306 e. The first kappa shape index (κ1) is 32.8. The first-order valence-electron chi connectivity index (χ1n) is 17.6. The standard InChI is InChI=1S/C37H60O6/c1-23(2)25-13-18-37(21-22-42-31(41)12-11-30(39)40)20-19-35(7)26(32(25)37)9-10-28-34(6)16-15-29(43-24(3)38)33(4,5)27(34)14-17-36(28,35)8/h23,25-29,32H,9-22H2,1-8H3,(H,39,40)/t25-,26+,27+,28+,29+,32-,34-,35+,36+,37+/m0/s1. The number of rotatable bonds is 8. The molecule has 0 unspecified atom stereocenters. The minimum absolute atomic E-state index is 0.0122. The molecule has 1 N–H and O–H groups in total. The van der Waals surface area contributed by atoms with E-state index in [0.29, 0.717) is 42.1 Å². The Bertz CT molecular complexity index is 1100. The van der Waals surface area contributed by atoms with Crippen LogP contribution in [0.25, 0.3) is 0 Å². The number of fused-ring (bicyclic) bond motifs is 7. The van der Waals surface area contributed by atoms with Crippen molar-refractivity contribution in [1.82, 2.24) is 0 Å². The van der Waals surface area contributed by atoms with Crippen molar-refractivity contribution in [2.75, 3.05) is 6.61 Å². The highest BCUT2D eigenvalue weighted by molar-refractivity contribution is 5.76. The highest BCUT2D eigenvalue weighted by Gasteiger charge is 2.71. The SMILES string of the molecule is CC(=O)O[C@@H]1CC[C@@]2(C)[C@H](CC[C@]3(C)[C@@H]2CC[C@@H]2[C@@H]4[C@H](C(C)C)CC[C@]4(CCOC(=O)CCC(=O)O)CC[C@]23C)C1(C)C. The van der Waals surface area contributed by atoms with Gasteiger partial charge in [-0.1, -0.05) is 48.5 Å². The second-order valence-corrected chi connectivity index (χ2v) is 17.3. The van der Waals surface area contributed by atoms with E-state index in [9.17, 15) is 14.4 Å². The van der Waals surface area contributed by atoms with Gasteiger partial charge in [0, 0.05) is 12.3 Å². The van der Waals surface area contributed by atoms with E-state index >= 15 is 0 Å². The summed E-state index contributed by atoms with van der Waals surface area (Å²) in [7, 11) is 0. The fraction of sp³-hybridized carbons (Fsp3) is 0.919. The molecule has 0 spiro atoms. The molecule has 244 valence electrons. The summed E-state index contributed by atoms with van der Waals surface area (Å²) in [6.45, 7) is 19.5. The van der Waals surface area contributed by atoms with Crippen LogP contribution in [0.4, 0.5) is 0 Å². The van der Waals surface area contributed by atoms with Crippen LogP contribution in [0.2, 0.25) is 0 Å². The number of carboxylic acid groups (broad SMARTS) is 1. The monoisotopic (exact) mass is 600 g/mol. The van der Waals surface area contributed by atoms with E-state index in [1.165, 1.54) is 51.4 Å². The molecule has 0 aromatic carbocycles. The zero-order valence-electron chi connectivity index (χ0n) is 28.4. The Morgan fingerprint density at radius 2 is 1.53 bits per heavy atom. The molecule has 0 aliphatic heterocycles. The van der Waals surface area contributed by atoms with Crippen LogP contribution in [0, 0.1) is 62.6 Å². The molecule has 5 fully saturated rings. The molecule has 0 aromatic rings. The van der Waals surface area contributed by atoms with E-state index in [-0.39, 0.29) is 58.0 Å². The lowest BCUT2D eigenvalue weighted by molar-refractivity contribution is -0.252. The Kier molecular flexibility index (Phi) is 8.64. The van der Waals surface area contributed by atoms with Crippen molar-refractivity contribution in [3.63, 3.8) is 0 Å². The van der Waals surface area contributed by atoms with Crippen molar-refractivity contribution >= 4 is 17.9 Å². The average Bonchev–Trinajstić information content (AvgIpc) is 3.29. The third kappa shape index (κ3) is 5.17. The lowest BCUT2D eigenvalue weighted by atomic mass is 9.32. The largest absolute Gasteiger partial charge is 0.481 e. The fourth-order valence-corrected chi connectivity index (χ4v) is 13.0. The molecule has 43 heavy (non-hydrogen) atoms. The van der Waals surface area contributed by atoms with E-state index in [1.54, 1.807) is 6.92 Å². The van der Waals surface area contributed by atoms with E-state index in [0.717, 1.165) is 19.3 Å². The van der Waals surface area contributed by atoms with Crippen molar-refractivity contribution in [2.24, 2.45) is 62.6 Å². The molecular formula is C37H60O6. The first-order valence-corrected chi connectivity index (χ1v) is 17.6. The molecule has 5 rings (SSSR count). The first-order chi connectivity index (χ1) is 20.0. The molecule has 6 heteroatoms. The summed E-state index contributed by atoms with van der Waals surface area (Å²) in [5, 5.41) is 8.96. The van der Waals surface area contributed by atoms with Gasteiger partial charge in [-0.3, -0.25) is 14.4 Å². The van der Waals surface area contributed by atoms with Crippen LogP contribution in [-0.4, -0.2) is 35.7 Å². The molecule has 6 nitrogen and oxygen atoms in total. The van der Waals surface area contributed by atoms with Gasteiger partial charge in [-0.2, -0.15) is 0 Å². The minimum atomic E-state index is -0.953. The van der Waals surface area contributed by atoms with Gasteiger partial charge in [-0.15, -0.1) is 0 Å². The van der Waals surface area contributed by atoms with Crippen molar-refractivity contribution < 1.29 is 29.0 Å². The van der Waals surface area contributed by atoms with Gasteiger partial charge in [-0.05, 0) is 128 Å². The summed E-state index contributed by atoms with van der Waals surface area (Å²) in [5.74, 6) is 2.45. The fourth-order valence-electron chi connectivity index (χ4n) is 13.0. The topological polar surface area (TPSA) is 89.9 Å². The van der Waals surface area contributed by atoms with Crippen molar-refractivity contribution in [3.8, 4) is 0 Å². The molecule has 0 radical (unpaired) electrons. The Morgan fingerprint density at radius 3 is 2.19 bits per heavy atom. The number of ether oxygens (including phenoxy) is 2. The minimum Gasteiger partial charge on any atom is -0.481 e. The second-order valence-electron chi connectivity index (χ2n) is 17.3. The van der Waals surface area contributed by atoms with Gasteiger partial charge in [0.2, 0.25) is 0 Å². The lowest BCUT2D eigenvalue weighted by Crippen LogP contribution is -2.66. The Balaban J connectivity index is 1.40. The summed E-state index contributed by atoms with van der Waals surface area (Å²) >= 11 is 0. The predicted molar refractivity (Wildman–Crippen MR) is 167 cm³/mol. The van der Waals surface area contributed by atoms with Crippen molar-refractivity contribution in [1.29, 1.82) is 0 Å². The molecule has 5 aliphatic rings. The maximum Gasteiger partial charge on any atom is 0.306 e. The number of carboxylic acids is 1. The van der Waals surface area contributed by atoms with E-state index in [2.05, 4.69) is 48.5 Å². The molecule has 0 bridgehead atoms. The third-order valence-electron chi connectivity index (χ3n) is 15.2. The Labute approximate surface area is 260 Å². The number of carbonyl (C=O) groups is 3. The van der Waals surface area contributed by atoms with E-state index in [1.807, 2.05) is 0 Å². The van der Waals surface area contributed by atoms with Gasteiger partial charge < -0.3 is 14.6 Å². The number of hydrogen-bond acceptors (Lipinski definition) is 5. The normalized spacial score (nSPS) is 44.9. The van der Waals surface area contributed by atoms with Crippen molar-refractivity contribution in [2.45, 2.75) is 145 Å². The molecular weight excluding hydrogens is 540 g/mol. The molecule has 0 saturated heterocycles. The average molecular weight is 601 g/mol. The Morgan fingerprint density at radius 1 is 0.814 bits per heavy atom. The number of hydrogen-bond donors (Lipinski definition) is 1. The molecule has 5 saturated carbocycles. The van der Waals surface area contributed by atoms with Crippen LogP contribution >= 0.6 is 0 Å². The summed E-state index contributed by atoms with van der Waals surface area (Å²) < 4.78 is 11.6. The number of carbonyl (C=O) groups excluding carboxylic acids is 2. The summed E-state index contributed by atoms with van der Waals surface area (Å²) in [6, 6.07) is 0. The van der Waals surface area contributed by atoms with Crippen LogP contribution in [-0.2, 0) is 23.9 Å². The molecule has 0 amide bonds. The van der Waals surface area contributed by atoms with Crippen molar-refractivity contribution in [3.05, 3.63) is 0 Å². The lowest BCUT2D eigenvalue weighted by Gasteiger charge is -2.73. The highest BCUT2D eigenvalue weighted by atomic mass is 16.5. The van der Waals surface area contributed by atoms with Crippen LogP contribution in [0.5, 0.6) is 0 Å². The zero-order chi connectivity index (χ0) is 31.6. The zero-order valence-corrected chi connectivity index (χ0v) is 28.4. The van der Waals surface area contributed by atoms with Crippen LogP contribution in [0.3, 0.4) is 0 Å². The quantitative estimate of drug-likeness (QED) is 0.281. The van der Waals surface area contributed by atoms with Crippen LogP contribution in [0.1, 0.15) is 139 Å². The van der Waals surface area contributed by atoms with Gasteiger partial charge in [-0.25, -0.2) is 0 Å². The molecule has 0 heterocycles. The van der Waals surface area contributed by atoms with Gasteiger partial charge in [0.15, 0.2) is 0 Å². The van der Waals surface area contributed by atoms with Gasteiger partial charge >= 0.3 is 17.9 Å². The molecule has 5 aliphatic carbocycles.